The van der Waals surface area contributed by atoms with Gasteiger partial charge in [0.15, 0.2) is 0 Å². The molecule has 1 aromatic heterocycles. The number of carbonyl (C=O) groups is 2. The number of aliphatic carboxylic acids is 1. The Bertz CT molecular complexity index is 887. The molecular formula is C17H19N3O4. The van der Waals surface area contributed by atoms with Gasteiger partial charge in [-0.2, -0.15) is 0 Å². The third-order valence-electron chi connectivity index (χ3n) is 4.54. The van der Waals surface area contributed by atoms with Gasteiger partial charge in [-0.3, -0.25) is 14.4 Å². The Morgan fingerprint density at radius 2 is 2.08 bits per heavy atom. The van der Waals surface area contributed by atoms with Gasteiger partial charge in [0, 0.05) is 32.0 Å². The summed E-state index contributed by atoms with van der Waals surface area (Å²) in [5.41, 5.74) is 6.50. The second kappa shape index (κ2) is 5.99. The molecule has 3 rings (SSSR count). The number of benzene rings is 1. The first kappa shape index (κ1) is 16.0. The molecule has 7 heteroatoms. The van der Waals surface area contributed by atoms with Crippen LogP contribution in [0.4, 0.5) is 5.69 Å². The number of rotatable bonds is 2. The van der Waals surface area contributed by atoms with Crippen molar-refractivity contribution in [3.8, 4) is 0 Å². The van der Waals surface area contributed by atoms with Crippen LogP contribution in [0.5, 0.6) is 0 Å². The summed E-state index contributed by atoms with van der Waals surface area (Å²) in [7, 11) is 1.74. The number of likely N-dealkylation sites (tertiary alicyclic amines) is 1. The Morgan fingerprint density at radius 3 is 2.79 bits per heavy atom. The fourth-order valence-corrected chi connectivity index (χ4v) is 3.24. The number of carbonyl (C=O) groups excluding carboxylic acids is 1. The number of amides is 1. The monoisotopic (exact) mass is 329 g/mol. The van der Waals surface area contributed by atoms with Gasteiger partial charge in [0.2, 0.25) is 5.43 Å². The Labute approximate surface area is 138 Å². The standard InChI is InChI=1S/C17H19N3O4/c1-19-9-11(15(21)14-12(18)5-2-6-13(14)19)16(22)20-7-3-4-10(8-20)17(23)24/h2,5-6,9-10H,3-4,7-8,18H2,1H3,(H,23,24). The SMILES string of the molecule is Cn1cc(C(=O)N2CCCC(C(=O)O)C2)c(=O)c2c(N)cccc21. The number of carboxylic acids is 1. The molecular weight excluding hydrogens is 310 g/mol. The lowest BCUT2D eigenvalue weighted by atomic mass is 9.97. The van der Waals surface area contributed by atoms with Crippen molar-refractivity contribution in [1.29, 1.82) is 0 Å². The minimum absolute atomic E-state index is 0.0222. The quantitative estimate of drug-likeness (QED) is 0.801. The van der Waals surface area contributed by atoms with Crippen molar-refractivity contribution in [2.45, 2.75) is 12.8 Å². The Hall–Kier alpha value is -2.83. The van der Waals surface area contributed by atoms with E-state index < -0.39 is 23.2 Å². The summed E-state index contributed by atoms with van der Waals surface area (Å²) in [5.74, 6) is -1.94. The molecule has 7 nitrogen and oxygen atoms in total. The van der Waals surface area contributed by atoms with Crippen LogP contribution in [0.3, 0.4) is 0 Å². The molecule has 0 radical (unpaired) electrons. The number of hydrogen-bond donors (Lipinski definition) is 2. The first-order chi connectivity index (χ1) is 11.4. The number of pyridine rings is 1. The lowest BCUT2D eigenvalue weighted by Crippen LogP contribution is -2.43. The smallest absolute Gasteiger partial charge is 0.308 e. The van der Waals surface area contributed by atoms with E-state index in [2.05, 4.69) is 0 Å². The highest BCUT2D eigenvalue weighted by molar-refractivity contribution is 6.00. The first-order valence-electron chi connectivity index (χ1n) is 7.80. The molecule has 0 spiro atoms. The lowest BCUT2D eigenvalue weighted by molar-refractivity contribution is -0.143. The summed E-state index contributed by atoms with van der Waals surface area (Å²) in [4.78, 5) is 38.1. The number of carboxylic acid groups (broad SMARTS) is 1. The normalized spacial score (nSPS) is 17.9. The van der Waals surface area contributed by atoms with E-state index in [4.69, 9.17) is 10.8 Å². The summed E-state index contributed by atoms with van der Waals surface area (Å²) < 4.78 is 1.69. The van der Waals surface area contributed by atoms with Crippen molar-refractivity contribution in [2.24, 2.45) is 13.0 Å². The second-order valence-corrected chi connectivity index (χ2v) is 6.15. The van der Waals surface area contributed by atoms with Crippen LogP contribution >= 0.6 is 0 Å². The number of anilines is 1. The zero-order chi connectivity index (χ0) is 17.4. The van der Waals surface area contributed by atoms with E-state index in [0.29, 0.717) is 36.0 Å². The predicted molar refractivity (Wildman–Crippen MR) is 89.9 cm³/mol. The van der Waals surface area contributed by atoms with Crippen LogP contribution in [0.25, 0.3) is 10.9 Å². The van der Waals surface area contributed by atoms with Crippen molar-refractivity contribution in [1.82, 2.24) is 9.47 Å². The predicted octanol–water partition coefficient (Wildman–Crippen LogP) is 1.06. The molecule has 1 fully saturated rings. The average Bonchev–Trinajstić information content (AvgIpc) is 2.57. The molecule has 2 heterocycles. The third-order valence-corrected chi connectivity index (χ3v) is 4.54. The molecule has 1 amide bonds. The van der Waals surface area contributed by atoms with Gasteiger partial charge in [0.05, 0.1) is 16.8 Å². The number of fused-ring (bicyclic) bond motifs is 1. The fraction of sp³-hybridized carbons (Fsp3) is 0.353. The Morgan fingerprint density at radius 1 is 1.33 bits per heavy atom. The summed E-state index contributed by atoms with van der Waals surface area (Å²) >= 11 is 0. The van der Waals surface area contributed by atoms with Crippen molar-refractivity contribution < 1.29 is 14.7 Å². The zero-order valence-electron chi connectivity index (χ0n) is 13.4. The van der Waals surface area contributed by atoms with Crippen molar-refractivity contribution in [2.75, 3.05) is 18.8 Å². The Balaban J connectivity index is 2.05. The van der Waals surface area contributed by atoms with Crippen LogP contribution in [0.15, 0.2) is 29.2 Å². The summed E-state index contributed by atoms with van der Waals surface area (Å²) in [6, 6.07) is 5.14. The second-order valence-electron chi connectivity index (χ2n) is 6.15. The minimum atomic E-state index is -0.914. The highest BCUT2D eigenvalue weighted by Crippen LogP contribution is 2.21. The van der Waals surface area contributed by atoms with Crippen LogP contribution in [0.2, 0.25) is 0 Å². The molecule has 1 saturated heterocycles. The van der Waals surface area contributed by atoms with Crippen LogP contribution in [-0.2, 0) is 11.8 Å². The van der Waals surface area contributed by atoms with E-state index in [1.165, 1.54) is 11.1 Å². The molecule has 1 aromatic carbocycles. The summed E-state index contributed by atoms with van der Waals surface area (Å²) in [6.07, 6.45) is 2.65. The number of nitrogens with zero attached hydrogens (tertiary/aromatic N) is 2. The molecule has 1 unspecified atom stereocenters. The maximum atomic E-state index is 12.8. The zero-order valence-corrected chi connectivity index (χ0v) is 13.4. The summed E-state index contributed by atoms with van der Waals surface area (Å²) in [5, 5.41) is 9.48. The van der Waals surface area contributed by atoms with Gasteiger partial charge in [-0.15, -0.1) is 0 Å². The maximum absolute atomic E-state index is 12.8. The van der Waals surface area contributed by atoms with Crippen molar-refractivity contribution >= 4 is 28.5 Å². The Kier molecular flexibility index (Phi) is 4.01. The maximum Gasteiger partial charge on any atom is 0.308 e. The first-order valence-corrected chi connectivity index (χ1v) is 7.80. The topological polar surface area (TPSA) is 106 Å². The largest absolute Gasteiger partial charge is 0.481 e. The van der Waals surface area contributed by atoms with Crippen LogP contribution < -0.4 is 11.2 Å². The molecule has 126 valence electrons. The number of hydrogen-bond acceptors (Lipinski definition) is 4. The molecule has 1 aliphatic heterocycles. The van der Waals surface area contributed by atoms with Crippen LogP contribution in [-0.4, -0.2) is 39.5 Å². The number of nitrogen functional groups attached to an aromatic ring is 1. The highest BCUT2D eigenvalue weighted by Gasteiger charge is 2.30. The van der Waals surface area contributed by atoms with Crippen molar-refractivity contribution in [3.05, 3.63) is 40.2 Å². The average molecular weight is 329 g/mol. The summed E-state index contributed by atoms with van der Waals surface area (Å²) in [6.45, 7) is 0.577. The van der Waals surface area contributed by atoms with Gasteiger partial charge in [-0.05, 0) is 25.0 Å². The molecule has 0 bridgehead atoms. The van der Waals surface area contributed by atoms with Gasteiger partial charge >= 0.3 is 5.97 Å². The highest BCUT2D eigenvalue weighted by atomic mass is 16.4. The number of nitrogens with two attached hydrogens (primary N) is 1. The fourth-order valence-electron chi connectivity index (χ4n) is 3.24. The molecule has 1 aliphatic rings. The molecule has 2 aromatic rings. The van der Waals surface area contributed by atoms with E-state index in [1.54, 1.807) is 29.8 Å². The number of aryl methyl sites for hydroxylation is 1. The lowest BCUT2D eigenvalue weighted by Gasteiger charge is -2.30. The molecule has 0 saturated carbocycles. The van der Waals surface area contributed by atoms with E-state index in [1.807, 2.05) is 0 Å². The minimum Gasteiger partial charge on any atom is -0.481 e. The number of aromatic nitrogens is 1. The van der Waals surface area contributed by atoms with E-state index in [0.717, 1.165) is 0 Å². The third kappa shape index (κ3) is 2.62. The van der Waals surface area contributed by atoms with E-state index in [-0.39, 0.29) is 12.1 Å². The van der Waals surface area contributed by atoms with Gasteiger partial charge < -0.3 is 20.3 Å². The molecule has 0 aliphatic carbocycles. The van der Waals surface area contributed by atoms with Gasteiger partial charge in [0.1, 0.15) is 5.56 Å². The van der Waals surface area contributed by atoms with E-state index in [9.17, 15) is 14.4 Å². The molecule has 3 N–H and O–H groups in total. The van der Waals surface area contributed by atoms with Crippen LogP contribution in [0.1, 0.15) is 23.2 Å². The van der Waals surface area contributed by atoms with Crippen LogP contribution in [0, 0.1) is 5.92 Å². The van der Waals surface area contributed by atoms with Crippen molar-refractivity contribution in [3.63, 3.8) is 0 Å². The van der Waals surface area contributed by atoms with E-state index >= 15 is 0 Å². The molecule has 24 heavy (non-hydrogen) atoms. The van der Waals surface area contributed by atoms with Gasteiger partial charge in [0.25, 0.3) is 5.91 Å². The number of piperidine rings is 1. The van der Waals surface area contributed by atoms with Gasteiger partial charge in [-0.1, -0.05) is 6.07 Å². The molecule has 1 atom stereocenters. The van der Waals surface area contributed by atoms with Gasteiger partial charge in [-0.25, -0.2) is 0 Å².